The maximum atomic E-state index is 13.8. The molecule has 1 aliphatic carbocycles. The first-order valence-corrected chi connectivity index (χ1v) is 8.05. The smallest absolute Gasteiger partial charge is 0.138 e. The number of rotatable bonds is 3. The second kappa shape index (κ2) is 4.88. The van der Waals surface area contributed by atoms with E-state index in [2.05, 4.69) is 16.5 Å². The van der Waals surface area contributed by atoms with Crippen LogP contribution < -0.4 is 0 Å². The molecule has 1 aliphatic rings. The molecule has 1 aromatic carbocycles. The van der Waals surface area contributed by atoms with Gasteiger partial charge in [0.25, 0.3) is 0 Å². The van der Waals surface area contributed by atoms with Gasteiger partial charge in [0.2, 0.25) is 0 Å². The van der Waals surface area contributed by atoms with Gasteiger partial charge >= 0.3 is 0 Å². The molecule has 0 saturated heterocycles. The van der Waals surface area contributed by atoms with Crippen LogP contribution in [0.2, 0.25) is 0 Å². The quantitative estimate of drug-likeness (QED) is 0.528. The van der Waals surface area contributed by atoms with Crippen molar-refractivity contribution in [1.82, 2.24) is 9.55 Å². The zero-order valence-corrected chi connectivity index (χ0v) is 13.7. The van der Waals surface area contributed by atoms with Crippen molar-refractivity contribution < 1.29 is 4.39 Å². The van der Waals surface area contributed by atoms with Crippen molar-refractivity contribution in [2.75, 3.05) is 0 Å². The molecule has 1 aromatic heterocycles. The van der Waals surface area contributed by atoms with Gasteiger partial charge in [0.05, 0.1) is 20.0 Å². The van der Waals surface area contributed by atoms with Crippen LogP contribution in [0.1, 0.15) is 43.9 Å². The van der Waals surface area contributed by atoms with Crippen LogP contribution in [0.25, 0.3) is 11.0 Å². The van der Waals surface area contributed by atoms with Gasteiger partial charge in [-0.1, -0.05) is 13.3 Å². The Morgan fingerprint density at radius 2 is 2.32 bits per heavy atom. The van der Waals surface area contributed by atoms with Crippen LogP contribution in [0.5, 0.6) is 0 Å². The molecule has 3 unspecified atom stereocenters. The van der Waals surface area contributed by atoms with E-state index in [9.17, 15) is 4.39 Å². The number of halogens is 3. The maximum absolute atomic E-state index is 13.8. The summed E-state index contributed by atoms with van der Waals surface area (Å²) in [4.78, 5) is 4.60. The second-order valence-electron chi connectivity index (χ2n) is 5.18. The fourth-order valence-corrected chi connectivity index (χ4v) is 3.33. The van der Waals surface area contributed by atoms with Gasteiger partial charge < -0.3 is 4.57 Å². The summed E-state index contributed by atoms with van der Waals surface area (Å²) in [6.07, 6.45) is 2.29. The summed E-state index contributed by atoms with van der Waals surface area (Å²) in [5.74, 6) is 1.35. The molecule has 2 nitrogen and oxygen atoms in total. The van der Waals surface area contributed by atoms with Crippen molar-refractivity contribution in [3.63, 3.8) is 0 Å². The van der Waals surface area contributed by atoms with Crippen molar-refractivity contribution in [3.05, 3.63) is 27.3 Å². The highest BCUT2D eigenvalue weighted by molar-refractivity contribution is 14.1. The first-order chi connectivity index (χ1) is 9.02. The highest BCUT2D eigenvalue weighted by Gasteiger charge is 2.39. The number of hydrogen-bond acceptors (Lipinski definition) is 1. The highest BCUT2D eigenvalue weighted by Crippen LogP contribution is 2.48. The van der Waals surface area contributed by atoms with E-state index in [4.69, 9.17) is 11.6 Å². The second-order valence-corrected chi connectivity index (χ2v) is 7.00. The minimum absolute atomic E-state index is 0.161. The summed E-state index contributed by atoms with van der Waals surface area (Å²) in [5, 5.41) is -0.161. The zero-order valence-electron chi connectivity index (χ0n) is 10.8. The van der Waals surface area contributed by atoms with E-state index in [1.807, 2.05) is 29.5 Å². The van der Waals surface area contributed by atoms with Crippen molar-refractivity contribution in [2.24, 2.45) is 5.92 Å². The van der Waals surface area contributed by atoms with Crippen LogP contribution in [0.15, 0.2) is 12.1 Å². The number of nitrogens with zero attached hydrogens (tertiary/aromatic N) is 2. The van der Waals surface area contributed by atoms with E-state index in [1.54, 1.807) is 12.1 Å². The van der Waals surface area contributed by atoms with Crippen LogP contribution in [-0.2, 0) is 0 Å². The van der Waals surface area contributed by atoms with Gasteiger partial charge in [0.1, 0.15) is 11.6 Å². The molecular weight excluding hydrogens is 378 g/mol. The first-order valence-electron chi connectivity index (χ1n) is 6.53. The van der Waals surface area contributed by atoms with Gasteiger partial charge in [-0.25, -0.2) is 9.37 Å². The van der Waals surface area contributed by atoms with Crippen LogP contribution in [0, 0.1) is 15.3 Å². The fourth-order valence-electron chi connectivity index (χ4n) is 2.72. The van der Waals surface area contributed by atoms with Crippen molar-refractivity contribution in [1.29, 1.82) is 0 Å². The molecule has 5 heteroatoms. The molecular formula is C14H15ClFIN2. The Labute approximate surface area is 130 Å². The van der Waals surface area contributed by atoms with Crippen molar-refractivity contribution in [2.45, 2.75) is 38.1 Å². The number of alkyl halides is 1. The monoisotopic (exact) mass is 392 g/mol. The Hall–Kier alpha value is -0.360. The predicted molar refractivity (Wildman–Crippen MR) is 84.1 cm³/mol. The molecule has 2 aromatic rings. The van der Waals surface area contributed by atoms with Gasteiger partial charge in [-0.05, 0) is 47.9 Å². The summed E-state index contributed by atoms with van der Waals surface area (Å²) < 4.78 is 16.6. The lowest BCUT2D eigenvalue weighted by Gasteiger charge is -2.10. The third-order valence-electron chi connectivity index (χ3n) is 3.86. The summed E-state index contributed by atoms with van der Waals surface area (Å²) in [6, 6.07) is 3.83. The summed E-state index contributed by atoms with van der Waals surface area (Å²) in [5.41, 5.74) is 1.72. The fraction of sp³-hybridized carbons (Fsp3) is 0.500. The van der Waals surface area contributed by atoms with Gasteiger partial charge in [0, 0.05) is 12.1 Å². The van der Waals surface area contributed by atoms with E-state index in [0.29, 0.717) is 15.5 Å². The molecule has 0 bridgehead atoms. The van der Waals surface area contributed by atoms with Crippen molar-refractivity contribution >= 4 is 45.2 Å². The van der Waals surface area contributed by atoms with E-state index < -0.39 is 0 Å². The lowest BCUT2D eigenvalue weighted by molar-refractivity contribution is 0.611. The molecule has 0 amide bonds. The summed E-state index contributed by atoms with van der Waals surface area (Å²) >= 11 is 8.24. The number of aromatic nitrogens is 2. The minimum Gasteiger partial charge on any atom is -0.323 e. The molecule has 1 heterocycles. The van der Waals surface area contributed by atoms with E-state index >= 15 is 0 Å². The number of hydrogen-bond donors (Lipinski definition) is 0. The van der Waals surface area contributed by atoms with Gasteiger partial charge in [-0.2, -0.15) is 0 Å². The number of benzene rings is 1. The molecule has 19 heavy (non-hydrogen) atoms. The standard InChI is InChI=1S/C14H15ClFIN2/c1-3-8-4-12(8)19-13-5-9(16)10(17)6-11(13)18-14(19)7(2)15/h5-8,12H,3-4H2,1-2H3. The lowest BCUT2D eigenvalue weighted by atomic mass is 10.3. The largest absolute Gasteiger partial charge is 0.323 e. The molecule has 0 N–H and O–H groups in total. The zero-order chi connectivity index (χ0) is 13.7. The predicted octanol–water partition coefficient (Wildman–Crippen LogP) is 5.05. The third-order valence-corrected chi connectivity index (χ3v) is 4.88. The maximum Gasteiger partial charge on any atom is 0.138 e. The van der Waals surface area contributed by atoms with Gasteiger partial charge in [-0.15, -0.1) is 11.6 Å². The third kappa shape index (κ3) is 2.27. The SMILES string of the molecule is CCC1CC1n1c(C(C)Cl)nc2cc(I)c(F)cc21. The molecule has 3 atom stereocenters. The van der Waals surface area contributed by atoms with Crippen LogP contribution in [0.3, 0.4) is 0 Å². The normalized spacial score (nSPS) is 23.8. The minimum atomic E-state index is -0.184. The van der Waals surface area contributed by atoms with E-state index in [0.717, 1.165) is 29.7 Å². The average molecular weight is 393 g/mol. The molecule has 3 rings (SSSR count). The topological polar surface area (TPSA) is 17.8 Å². The lowest BCUT2D eigenvalue weighted by Crippen LogP contribution is -2.03. The van der Waals surface area contributed by atoms with Gasteiger partial charge in [-0.3, -0.25) is 0 Å². The molecule has 0 spiro atoms. The first kappa shape index (κ1) is 13.6. The van der Waals surface area contributed by atoms with Crippen LogP contribution in [0.4, 0.5) is 4.39 Å². The molecule has 0 aliphatic heterocycles. The number of imidazole rings is 1. The van der Waals surface area contributed by atoms with Crippen LogP contribution >= 0.6 is 34.2 Å². The Morgan fingerprint density at radius 3 is 2.89 bits per heavy atom. The molecule has 1 fully saturated rings. The number of fused-ring (bicyclic) bond motifs is 1. The molecule has 1 saturated carbocycles. The highest BCUT2D eigenvalue weighted by atomic mass is 127. The summed E-state index contributed by atoms with van der Waals surface area (Å²) in [6.45, 7) is 4.11. The molecule has 102 valence electrons. The van der Waals surface area contributed by atoms with Crippen molar-refractivity contribution in [3.8, 4) is 0 Å². The summed E-state index contributed by atoms with van der Waals surface area (Å²) in [7, 11) is 0. The van der Waals surface area contributed by atoms with Crippen LogP contribution in [-0.4, -0.2) is 9.55 Å². The Balaban J connectivity index is 2.21. The average Bonchev–Trinajstić information content (AvgIpc) is 3.05. The Morgan fingerprint density at radius 1 is 1.58 bits per heavy atom. The Kier molecular flexibility index (Phi) is 3.50. The van der Waals surface area contributed by atoms with E-state index in [1.165, 1.54) is 0 Å². The molecule has 0 radical (unpaired) electrons. The van der Waals surface area contributed by atoms with E-state index in [-0.39, 0.29) is 11.2 Å². The Bertz CT molecular complexity index is 638. The van der Waals surface area contributed by atoms with Gasteiger partial charge in [0.15, 0.2) is 0 Å².